The molecule has 1 aliphatic rings. The first-order valence-corrected chi connectivity index (χ1v) is 7.94. The van der Waals surface area contributed by atoms with Crippen LogP contribution >= 0.6 is 11.6 Å². The van der Waals surface area contributed by atoms with Crippen LogP contribution < -0.4 is 4.74 Å². The SMILES string of the molecule is COc1cc(F)cc(CN(CCC2(C)OCCO2)C(=O)CCl)c1. The van der Waals surface area contributed by atoms with Crippen LogP contribution in [0.25, 0.3) is 0 Å². The summed E-state index contributed by atoms with van der Waals surface area (Å²) >= 11 is 5.68. The Morgan fingerprint density at radius 1 is 1.39 bits per heavy atom. The molecule has 0 N–H and O–H groups in total. The molecule has 2 rings (SSSR count). The van der Waals surface area contributed by atoms with E-state index in [9.17, 15) is 9.18 Å². The van der Waals surface area contributed by atoms with Gasteiger partial charge in [0.05, 0.1) is 20.3 Å². The van der Waals surface area contributed by atoms with E-state index >= 15 is 0 Å². The molecule has 1 aromatic carbocycles. The van der Waals surface area contributed by atoms with Crippen molar-refractivity contribution in [2.45, 2.75) is 25.7 Å². The molecule has 1 saturated heterocycles. The molecule has 1 fully saturated rings. The lowest BCUT2D eigenvalue weighted by atomic mass is 10.1. The summed E-state index contributed by atoms with van der Waals surface area (Å²) in [5.41, 5.74) is 0.638. The van der Waals surface area contributed by atoms with Gasteiger partial charge >= 0.3 is 0 Å². The Balaban J connectivity index is 2.06. The predicted octanol–water partition coefficient (Wildman–Crippen LogP) is 2.55. The van der Waals surface area contributed by atoms with Gasteiger partial charge in [-0.05, 0) is 24.6 Å². The van der Waals surface area contributed by atoms with E-state index in [0.717, 1.165) is 0 Å². The zero-order valence-electron chi connectivity index (χ0n) is 13.3. The second-order valence-corrected chi connectivity index (χ2v) is 5.80. The number of hydrogen-bond acceptors (Lipinski definition) is 4. The average Bonchev–Trinajstić information content (AvgIpc) is 2.97. The molecular formula is C16H21ClFNO4. The Bertz CT molecular complexity index is 549. The van der Waals surface area contributed by atoms with Gasteiger partial charge in [0.15, 0.2) is 5.79 Å². The Hall–Kier alpha value is -1.37. The zero-order chi connectivity index (χ0) is 16.9. The van der Waals surface area contributed by atoms with E-state index in [-0.39, 0.29) is 18.3 Å². The molecule has 23 heavy (non-hydrogen) atoms. The number of ether oxygens (including phenoxy) is 3. The Morgan fingerprint density at radius 2 is 2.09 bits per heavy atom. The number of benzene rings is 1. The molecule has 0 saturated carbocycles. The van der Waals surface area contributed by atoms with Gasteiger partial charge in [0.1, 0.15) is 17.4 Å². The molecule has 1 heterocycles. The predicted molar refractivity (Wildman–Crippen MR) is 84.0 cm³/mol. The van der Waals surface area contributed by atoms with Crippen molar-refractivity contribution in [3.8, 4) is 5.75 Å². The summed E-state index contributed by atoms with van der Waals surface area (Å²) in [6, 6.07) is 4.36. The number of nitrogens with zero attached hydrogens (tertiary/aromatic N) is 1. The van der Waals surface area contributed by atoms with Crippen LogP contribution in [0.5, 0.6) is 5.75 Å². The standard InChI is InChI=1S/C16H21ClFNO4/c1-16(22-5-6-23-16)3-4-19(15(20)10-17)11-12-7-13(18)9-14(8-12)21-2/h7-9H,3-6,10-11H2,1-2H3. The molecule has 128 valence electrons. The fourth-order valence-corrected chi connectivity index (χ4v) is 2.63. The molecule has 0 spiro atoms. The van der Waals surface area contributed by atoms with E-state index < -0.39 is 11.6 Å². The second-order valence-electron chi connectivity index (χ2n) is 5.53. The maximum absolute atomic E-state index is 13.6. The third kappa shape index (κ3) is 5.06. The third-order valence-electron chi connectivity index (χ3n) is 3.74. The molecule has 0 atom stereocenters. The number of alkyl halides is 1. The van der Waals surface area contributed by atoms with Crippen LogP contribution in [-0.4, -0.2) is 49.3 Å². The highest BCUT2D eigenvalue weighted by Crippen LogP contribution is 2.24. The minimum Gasteiger partial charge on any atom is -0.497 e. The van der Waals surface area contributed by atoms with Crippen LogP contribution in [0.1, 0.15) is 18.9 Å². The van der Waals surface area contributed by atoms with Crippen molar-refractivity contribution in [1.29, 1.82) is 0 Å². The second kappa shape index (κ2) is 7.95. The topological polar surface area (TPSA) is 48.0 Å². The van der Waals surface area contributed by atoms with Crippen molar-refractivity contribution in [3.05, 3.63) is 29.6 Å². The molecule has 0 bridgehead atoms. The van der Waals surface area contributed by atoms with Gasteiger partial charge in [-0.3, -0.25) is 4.79 Å². The summed E-state index contributed by atoms with van der Waals surface area (Å²) in [5.74, 6) is -1.05. The molecule has 0 aromatic heterocycles. The number of methoxy groups -OCH3 is 1. The number of halogens is 2. The van der Waals surface area contributed by atoms with E-state index in [4.69, 9.17) is 25.8 Å². The Morgan fingerprint density at radius 3 is 2.70 bits per heavy atom. The molecule has 0 aliphatic carbocycles. The van der Waals surface area contributed by atoms with Gasteiger partial charge < -0.3 is 19.1 Å². The van der Waals surface area contributed by atoms with Crippen molar-refractivity contribution in [2.24, 2.45) is 0 Å². The van der Waals surface area contributed by atoms with Crippen molar-refractivity contribution < 1.29 is 23.4 Å². The van der Waals surface area contributed by atoms with E-state index in [0.29, 0.717) is 37.5 Å². The van der Waals surface area contributed by atoms with E-state index in [1.807, 2.05) is 6.92 Å². The first-order chi connectivity index (χ1) is 11.0. The highest BCUT2D eigenvalue weighted by Gasteiger charge is 2.31. The lowest BCUT2D eigenvalue weighted by molar-refractivity contribution is -0.153. The smallest absolute Gasteiger partial charge is 0.237 e. The molecule has 0 unspecified atom stereocenters. The van der Waals surface area contributed by atoms with Crippen LogP contribution in [0.2, 0.25) is 0 Å². The zero-order valence-corrected chi connectivity index (χ0v) is 14.1. The molecule has 0 radical (unpaired) electrons. The van der Waals surface area contributed by atoms with Crippen molar-refractivity contribution >= 4 is 17.5 Å². The number of carbonyl (C=O) groups excluding carboxylic acids is 1. The lowest BCUT2D eigenvalue weighted by Crippen LogP contribution is -2.37. The Kier molecular flexibility index (Phi) is 6.21. The quantitative estimate of drug-likeness (QED) is 0.713. The summed E-state index contributed by atoms with van der Waals surface area (Å²) in [7, 11) is 1.47. The monoisotopic (exact) mass is 345 g/mol. The van der Waals surface area contributed by atoms with Crippen molar-refractivity contribution in [3.63, 3.8) is 0 Å². The number of carbonyl (C=O) groups is 1. The van der Waals surface area contributed by atoms with Crippen molar-refractivity contribution in [1.82, 2.24) is 4.90 Å². The maximum Gasteiger partial charge on any atom is 0.237 e. The number of hydrogen-bond donors (Lipinski definition) is 0. The lowest BCUT2D eigenvalue weighted by Gasteiger charge is -2.28. The van der Waals surface area contributed by atoms with Crippen molar-refractivity contribution in [2.75, 3.05) is 32.7 Å². The fraction of sp³-hybridized carbons (Fsp3) is 0.562. The highest BCUT2D eigenvalue weighted by atomic mass is 35.5. The molecule has 1 amide bonds. The van der Waals surface area contributed by atoms with Gasteiger partial charge in [-0.2, -0.15) is 0 Å². The first kappa shape index (κ1) is 18.0. The van der Waals surface area contributed by atoms with Crippen LogP contribution in [0.4, 0.5) is 4.39 Å². The minimum atomic E-state index is -0.690. The van der Waals surface area contributed by atoms with Gasteiger partial charge in [-0.1, -0.05) is 0 Å². The Labute approximate surface area is 140 Å². The number of rotatable bonds is 7. The molecule has 5 nitrogen and oxygen atoms in total. The summed E-state index contributed by atoms with van der Waals surface area (Å²) in [4.78, 5) is 13.6. The van der Waals surface area contributed by atoms with Crippen LogP contribution in [0.3, 0.4) is 0 Å². The average molecular weight is 346 g/mol. The molecule has 1 aliphatic heterocycles. The fourth-order valence-electron chi connectivity index (χ4n) is 2.47. The molecule has 7 heteroatoms. The van der Waals surface area contributed by atoms with Crippen LogP contribution in [0, 0.1) is 5.82 Å². The van der Waals surface area contributed by atoms with Crippen LogP contribution in [0.15, 0.2) is 18.2 Å². The molecular weight excluding hydrogens is 325 g/mol. The van der Waals surface area contributed by atoms with Gasteiger partial charge in [0.2, 0.25) is 5.91 Å². The van der Waals surface area contributed by atoms with Gasteiger partial charge in [-0.15, -0.1) is 11.6 Å². The van der Waals surface area contributed by atoms with E-state index in [2.05, 4.69) is 0 Å². The van der Waals surface area contributed by atoms with E-state index in [1.165, 1.54) is 19.2 Å². The largest absolute Gasteiger partial charge is 0.497 e. The third-order valence-corrected chi connectivity index (χ3v) is 3.97. The summed E-state index contributed by atoms with van der Waals surface area (Å²) in [5, 5.41) is 0. The van der Waals surface area contributed by atoms with Gasteiger partial charge in [0, 0.05) is 25.6 Å². The van der Waals surface area contributed by atoms with Gasteiger partial charge in [-0.25, -0.2) is 4.39 Å². The maximum atomic E-state index is 13.6. The summed E-state index contributed by atoms with van der Waals surface area (Å²) < 4.78 is 29.7. The minimum absolute atomic E-state index is 0.134. The normalized spacial score (nSPS) is 16.3. The number of amides is 1. The van der Waals surface area contributed by atoms with Gasteiger partial charge in [0.25, 0.3) is 0 Å². The molecule has 1 aromatic rings. The first-order valence-electron chi connectivity index (χ1n) is 7.41. The highest BCUT2D eigenvalue weighted by molar-refractivity contribution is 6.27. The van der Waals surface area contributed by atoms with E-state index in [1.54, 1.807) is 11.0 Å². The summed E-state index contributed by atoms with van der Waals surface area (Å²) in [6.45, 7) is 3.58. The summed E-state index contributed by atoms with van der Waals surface area (Å²) in [6.07, 6.45) is 0.516. The van der Waals surface area contributed by atoms with Crippen LogP contribution in [-0.2, 0) is 20.8 Å².